The van der Waals surface area contributed by atoms with Gasteiger partial charge in [0, 0.05) is 28.6 Å². The van der Waals surface area contributed by atoms with E-state index in [1.165, 1.54) is 23.1 Å². The molecule has 168 valence electrons. The van der Waals surface area contributed by atoms with E-state index in [-0.39, 0.29) is 11.6 Å². The van der Waals surface area contributed by atoms with Gasteiger partial charge in [-0.05, 0) is 60.7 Å². The summed E-state index contributed by atoms with van der Waals surface area (Å²) < 4.78 is 20.2. The van der Waals surface area contributed by atoms with Gasteiger partial charge in [-0.15, -0.1) is 0 Å². The van der Waals surface area contributed by atoms with Gasteiger partial charge in [-0.1, -0.05) is 30.3 Å². The van der Waals surface area contributed by atoms with Gasteiger partial charge >= 0.3 is 6.09 Å². The number of anilines is 1. The van der Waals surface area contributed by atoms with Crippen molar-refractivity contribution in [2.24, 2.45) is 0 Å². The topological polar surface area (TPSA) is 64.4 Å². The molecule has 3 aromatic carbocycles. The number of hydrogen-bond donors (Lipinski definition) is 0. The molecule has 2 heterocycles. The van der Waals surface area contributed by atoms with Crippen molar-refractivity contribution in [3.8, 4) is 16.9 Å². The Labute approximate surface area is 195 Å². The highest BCUT2D eigenvalue weighted by molar-refractivity contribution is 6.08. The van der Waals surface area contributed by atoms with Crippen LogP contribution in [0.2, 0.25) is 0 Å². The van der Waals surface area contributed by atoms with Crippen molar-refractivity contribution in [2.75, 3.05) is 18.1 Å². The molecule has 4 aromatic rings. The van der Waals surface area contributed by atoms with Crippen molar-refractivity contribution in [3.63, 3.8) is 0 Å². The molecule has 34 heavy (non-hydrogen) atoms. The first-order chi connectivity index (χ1) is 16.6. The minimum atomic E-state index is -0.419. The van der Waals surface area contributed by atoms with Crippen LogP contribution in [-0.4, -0.2) is 34.8 Å². The van der Waals surface area contributed by atoms with Gasteiger partial charge in [0.15, 0.2) is 5.78 Å². The molecule has 0 bridgehead atoms. The lowest BCUT2D eigenvalue weighted by atomic mass is 10.1. The van der Waals surface area contributed by atoms with Crippen molar-refractivity contribution in [3.05, 3.63) is 108 Å². The van der Waals surface area contributed by atoms with Crippen molar-refractivity contribution >= 4 is 23.6 Å². The van der Waals surface area contributed by atoms with Crippen LogP contribution in [-0.2, 0) is 4.74 Å². The average molecular weight is 453 g/mol. The maximum atomic E-state index is 13.5. The van der Waals surface area contributed by atoms with E-state index < -0.39 is 6.09 Å². The van der Waals surface area contributed by atoms with Crippen molar-refractivity contribution in [1.82, 2.24) is 9.78 Å². The molecule has 1 amide bonds. The largest absolute Gasteiger partial charge is 0.447 e. The molecule has 1 saturated heterocycles. The van der Waals surface area contributed by atoms with E-state index in [4.69, 9.17) is 4.74 Å². The summed E-state index contributed by atoms with van der Waals surface area (Å²) >= 11 is 0. The molecule has 0 radical (unpaired) electrons. The third kappa shape index (κ3) is 4.36. The minimum Gasteiger partial charge on any atom is -0.447 e. The fourth-order valence-corrected chi connectivity index (χ4v) is 3.77. The van der Waals surface area contributed by atoms with Crippen molar-refractivity contribution in [1.29, 1.82) is 0 Å². The SMILES string of the molecule is O=C(C=Cc1cn(-c2ccccc2)nc1-c1ccc(F)cc1)c1cccc(N2CCOC2=O)c1. The maximum Gasteiger partial charge on any atom is 0.414 e. The standard InChI is InChI=1S/C27H20FN3O3/c28-22-12-9-19(10-13-22)26-21(18-31(29-26)23-6-2-1-3-7-23)11-14-25(32)20-5-4-8-24(17-20)30-15-16-34-27(30)33/h1-14,17-18H,15-16H2. The zero-order valence-electron chi connectivity index (χ0n) is 18.1. The molecule has 7 heteroatoms. The summed E-state index contributed by atoms with van der Waals surface area (Å²) in [5, 5.41) is 4.68. The van der Waals surface area contributed by atoms with E-state index in [1.54, 1.807) is 47.2 Å². The number of amides is 1. The fraction of sp³-hybridized carbons (Fsp3) is 0.0741. The number of ether oxygens (including phenoxy) is 1. The number of ketones is 1. The van der Waals surface area contributed by atoms with E-state index in [2.05, 4.69) is 5.10 Å². The number of aromatic nitrogens is 2. The van der Waals surface area contributed by atoms with Gasteiger partial charge in [-0.2, -0.15) is 5.10 Å². The number of nitrogens with zero attached hydrogens (tertiary/aromatic N) is 3. The summed E-state index contributed by atoms with van der Waals surface area (Å²) in [6, 6.07) is 22.5. The summed E-state index contributed by atoms with van der Waals surface area (Å²) in [5.74, 6) is -0.549. The summed E-state index contributed by atoms with van der Waals surface area (Å²) in [7, 11) is 0. The summed E-state index contributed by atoms with van der Waals surface area (Å²) in [6.45, 7) is 0.778. The molecule has 0 saturated carbocycles. The van der Waals surface area contributed by atoms with Gasteiger partial charge in [-0.25, -0.2) is 13.9 Å². The van der Waals surface area contributed by atoms with Crippen LogP contribution in [0.1, 0.15) is 15.9 Å². The molecule has 1 aliphatic heterocycles. The Morgan fingerprint density at radius 2 is 1.74 bits per heavy atom. The van der Waals surface area contributed by atoms with Crippen LogP contribution in [0, 0.1) is 5.82 Å². The second kappa shape index (κ2) is 9.15. The normalized spacial score (nSPS) is 13.4. The van der Waals surface area contributed by atoms with Gasteiger partial charge < -0.3 is 4.74 Å². The molecule has 0 spiro atoms. The number of halogens is 1. The van der Waals surface area contributed by atoms with Crippen molar-refractivity contribution in [2.45, 2.75) is 0 Å². The smallest absolute Gasteiger partial charge is 0.414 e. The molecule has 1 fully saturated rings. The molecular formula is C27H20FN3O3. The third-order valence-electron chi connectivity index (χ3n) is 5.50. The minimum absolute atomic E-state index is 0.216. The van der Waals surface area contributed by atoms with Crippen LogP contribution in [0.5, 0.6) is 0 Å². The van der Waals surface area contributed by atoms with E-state index >= 15 is 0 Å². The Kier molecular flexibility index (Phi) is 5.74. The van der Waals surface area contributed by atoms with Crippen LogP contribution < -0.4 is 4.90 Å². The number of cyclic esters (lactones) is 1. The Morgan fingerprint density at radius 1 is 0.971 bits per heavy atom. The number of carbonyl (C=O) groups is 2. The van der Waals surface area contributed by atoms with Crippen LogP contribution in [0.25, 0.3) is 23.0 Å². The van der Waals surface area contributed by atoms with Crippen LogP contribution in [0.15, 0.2) is 91.1 Å². The predicted octanol–water partition coefficient (Wildman–Crippen LogP) is 5.53. The Hall–Kier alpha value is -4.52. The molecule has 0 unspecified atom stereocenters. The van der Waals surface area contributed by atoms with Gasteiger partial charge in [0.25, 0.3) is 0 Å². The summed E-state index contributed by atoms with van der Waals surface area (Å²) in [6.07, 6.45) is 4.58. The lowest BCUT2D eigenvalue weighted by Crippen LogP contribution is -2.23. The van der Waals surface area contributed by atoms with E-state index in [1.807, 2.05) is 36.5 Å². The first-order valence-electron chi connectivity index (χ1n) is 10.8. The van der Waals surface area contributed by atoms with Gasteiger partial charge in [0.1, 0.15) is 12.4 Å². The molecule has 1 aliphatic rings. The molecule has 0 atom stereocenters. The zero-order chi connectivity index (χ0) is 23.5. The first-order valence-corrected chi connectivity index (χ1v) is 10.8. The molecule has 6 nitrogen and oxygen atoms in total. The molecule has 5 rings (SSSR count). The third-order valence-corrected chi connectivity index (χ3v) is 5.50. The highest BCUT2D eigenvalue weighted by Gasteiger charge is 2.24. The van der Waals surface area contributed by atoms with Crippen LogP contribution in [0.3, 0.4) is 0 Å². The molecule has 0 aliphatic carbocycles. The van der Waals surface area contributed by atoms with Crippen LogP contribution in [0.4, 0.5) is 14.9 Å². The fourth-order valence-electron chi connectivity index (χ4n) is 3.77. The second-order valence-electron chi connectivity index (χ2n) is 7.73. The molecule has 1 aromatic heterocycles. The van der Waals surface area contributed by atoms with E-state index in [0.717, 1.165) is 11.3 Å². The van der Waals surface area contributed by atoms with Crippen LogP contribution >= 0.6 is 0 Å². The highest BCUT2D eigenvalue weighted by Crippen LogP contribution is 2.26. The number of allylic oxidation sites excluding steroid dienone is 1. The lowest BCUT2D eigenvalue weighted by molar-refractivity contribution is 0.104. The number of benzene rings is 3. The highest BCUT2D eigenvalue weighted by atomic mass is 19.1. The Morgan fingerprint density at radius 3 is 2.47 bits per heavy atom. The molecular weight excluding hydrogens is 433 g/mol. The maximum absolute atomic E-state index is 13.5. The average Bonchev–Trinajstić information content (AvgIpc) is 3.50. The van der Waals surface area contributed by atoms with E-state index in [0.29, 0.717) is 35.7 Å². The Bertz CT molecular complexity index is 1380. The number of hydrogen-bond acceptors (Lipinski definition) is 4. The van der Waals surface area contributed by atoms with Gasteiger partial charge in [-0.3, -0.25) is 9.69 Å². The van der Waals surface area contributed by atoms with Gasteiger partial charge in [0.05, 0.1) is 17.9 Å². The first kappa shape index (κ1) is 21.3. The quantitative estimate of drug-likeness (QED) is 0.284. The summed E-state index contributed by atoms with van der Waals surface area (Å²) in [4.78, 5) is 26.3. The number of para-hydroxylation sites is 1. The second-order valence-corrected chi connectivity index (χ2v) is 7.73. The van der Waals surface area contributed by atoms with Crippen molar-refractivity contribution < 1.29 is 18.7 Å². The zero-order valence-corrected chi connectivity index (χ0v) is 18.1. The number of carbonyl (C=O) groups excluding carboxylic acids is 2. The number of rotatable bonds is 6. The molecule has 0 N–H and O–H groups in total. The summed E-state index contributed by atoms with van der Waals surface area (Å²) in [5.41, 5.74) is 4.00. The predicted molar refractivity (Wildman–Crippen MR) is 127 cm³/mol. The lowest BCUT2D eigenvalue weighted by Gasteiger charge is -2.13. The van der Waals surface area contributed by atoms with E-state index in [9.17, 15) is 14.0 Å². The van der Waals surface area contributed by atoms with Gasteiger partial charge in [0.2, 0.25) is 0 Å². The monoisotopic (exact) mass is 453 g/mol. The Balaban J connectivity index is 1.47.